The first kappa shape index (κ1) is 9.00. The minimum atomic E-state index is 0.876. The van der Waals surface area contributed by atoms with Crippen LogP contribution in [0.3, 0.4) is 0 Å². The molecule has 0 aliphatic heterocycles. The fourth-order valence-corrected chi connectivity index (χ4v) is 1.78. The van der Waals surface area contributed by atoms with Crippen LogP contribution in [0.4, 0.5) is 5.82 Å². The summed E-state index contributed by atoms with van der Waals surface area (Å²) in [4.78, 5) is 4.23. The van der Waals surface area contributed by atoms with E-state index in [-0.39, 0.29) is 0 Å². The van der Waals surface area contributed by atoms with Gasteiger partial charge in [0.2, 0.25) is 0 Å². The largest absolute Gasteiger partial charge is 0.370 e. The van der Waals surface area contributed by atoms with E-state index in [0.29, 0.717) is 0 Å². The van der Waals surface area contributed by atoms with Crippen LogP contribution in [0.15, 0.2) is 22.8 Å². The quantitative estimate of drug-likeness (QED) is 0.879. The Labute approximate surface area is 86.9 Å². The van der Waals surface area contributed by atoms with Gasteiger partial charge in [-0.3, -0.25) is 0 Å². The highest BCUT2D eigenvalue weighted by atomic mass is 79.9. The van der Waals surface area contributed by atoms with Crippen LogP contribution < -0.4 is 5.32 Å². The molecule has 0 amide bonds. The second-order valence-corrected chi connectivity index (χ2v) is 4.45. The molecule has 1 fully saturated rings. The number of nitrogens with zero attached hydrogens (tertiary/aromatic N) is 1. The van der Waals surface area contributed by atoms with Gasteiger partial charge in [0.05, 0.1) is 0 Å². The summed E-state index contributed by atoms with van der Waals surface area (Å²) in [6, 6.07) is 3.95. The van der Waals surface area contributed by atoms with Gasteiger partial charge in [0.1, 0.15) is 5.82 Å². The van der Waals surface area contributed by atoms with Gasteiger partial charge < -0.3 is 5.32 Å². The Morgan fingerprint density at radius 2 is 2.38 bits per heavy atom. The summed E-state index contributed by atoms with van der Waals surface area (Å²) in [5.74, 6) is 1.85. The van der Waals surface area contributed by atoms with Gasteiger partial charge in [0.15, 0.2) is 0 Å². The third kappa shape index (κ3) is 2.44. The third-order valence-corrected chi connectivity index (χ3v) is 3.01. The van der Waals surface area contributed by atoms with Crippen LogP contribution in [0.1, 0.15) is 19.3 Å². The van der Waals surface area contributed by atoms with E-state index in [4.69, 9.17) is 0 Å². The van der Waals surface area contributed by atoms with Crippen LogP contribution in [0.25, 0.3) is 0 Å². The Morgan fingerprint density at radius 3 is 3.00 bits per heavy atom. The van der Waals surface area contributed by atoms with Gasteiger partial charge in [-0.2, -0.15) is 0 Å². The fraction of sp³-hybridized carbons (Fsp3) is 0.500. The van der Waals surface area contributed by atoms with Gasteiger partial charge in [-0.1, -0.05) is 22.4 Å². The van der Waals surface area contributed by atoms with Crippen molar-refractivity contribution < 1.29 is 0 Å². The first-order valence-electron chi connectivity index (χ1n) is 4.70. The molecule has 0 atom stereocenters. The molecule has 0 bridgehead atoms. The van der Waals surface area contributed by atoms with Crippen molar-refractivity contribution in [3.63, 3.8) is 0 Å². The first-order chi connectivity index (χ1) is 6.34. The van der Waals surface area contributed by atoms with E-state index in [0.717, 1.165) is 22.8 Å². The van der Waals surface area contributed by atoms with Crippen molar-refractivity contribution in [3.05, 3.63) is 22.8 Å². The Bertz CT molecular complexity index is 284. The molecule has 0 radical (unpaired) electrons. The smallest absolute Gasteiger partial charge is 0.127 e. The molecule has 0 aromatic carbocycles. The maximum atomic E-state index is 4.23. The molecule has 1 aliphatic rings. The number of pyridine rings is 1. The number of rotatable bonds is 3. The molecule has 70 valence electrons. The average molecular weight is 241 g/mol. The number of aromatic nitrogens is 1. The zero-order valence-electron chi connectivity index (χ0n) is 7.46. The molecule has 1 heterocycles. The lowest BCUT2D eigenvalue weighted by molar-refractivity contribution is 0.333. The molecule has 1 aliphatic carbocycles. The normalized spacial score (nSPS) is 16.7. The lowest BCUT2D eigenvalue weighted by Gasteiger charge is -2.25. The third-order valence-electron chi connectivity index (χ3n) is 2.52. The van der Waals surface area contributed by atoms with Gasteiger partial charge in [0.25, 0.3) is 0 Å². The van der Waals surface area contributed by atoms with E-state index in [9.17, 15) is 0 Å². The monoisotopic (exact) mass is 240 g/mol. The Balaban J connectivity index is 1.86. The summed E-state index contributed by atoms with van der Waals surface area (Å²) in [5, 5.41) is 3.35. The molecule has 0 unspecified atom stereocenters. The van der Waals surface area contributed by atoms with Crippen molar-refractivity contribution in [1.82, 2.24) is 4.98 Å². The van der Waals surface area contributed by atoms with Crippen molar-refractivity contribution in [1.29, 1.82) is 0 Å². The van der Waals surface area contributed by atoms with Gasteiger partial charge >= 0.3 is 0 Å². The number of anilines is 1. The Morgan fingerprint density at radius 1 is 1.54 bits per heavy atom. The van der Waals surface area contributed by atoms with Gasteiger partial charge in [-0.05, 0) is 30.9 Å². The van der Waals surface area contributed by atoms with Crippen molar-refractivity contribution in [2.24, 2.45) is 5.92 Å². The van der Waals surface area contributed by atoms with Crippen LogP contribution in [-0.4, -0.2) is 11.5 Å². The highest BCUT2D eigenvalue weighted by Crippen LogP contribution is 2.26. The van der Waals surface area contributed by atoms with E-state index in [1.807, 2.05) is 18.3 Å². The van der Waals surface area contributed by atoms with E-state index < -0.39 is 0 Å². The van der Waals surface area contributed by atoms with Crippen LogP contribution in [-0.2, 0) is 0 Å². The lowest BCUT2D eigenvalue weighted by atomic mass is 9.85. The average Bonchev–Trinajstić information content (AvgIpc) is 2.01. The molecule has 0 spiro atoms. The molecule has 1 aromatic rings. The topological polar surface area (TPSA) is 24.9 Å². The molecule has 1 N–H and O–H groups in total. The maximum Gasteiger partial charge on any atom is 0.127 e. The predicted molar refractivity (Wildman–Crippen MR) is 57.8 cm³/mol. The molecule has 13 heavy (non-hydrogen) atoms. The summed E-state index contributed by atoms with van der Waals surface area (Å²) in [6.45, 7) is 1.07. The molecule has 1 aromatic heterocycles. The standard InChI is InChI=1S/C10H13BrN2/c11-9-4-5-12-10(6-9)13-7-8-2-1-3-8/h4-6,8H,1-3,7H2,(H,12,13). The van der Waals surface area contributed by atoms with E-state index in [1.165, 1.54) is 19.3 Å². The number of hydrogen-bond acceptors (Lipinski definition) is 2. The fourth-order valence-electron chi connectivity index (χ4n) is 1.45. The summed E-state index contributed by atoms with van der Waals surface area (Å²) in [6.07, 6.45) is 5.97. The number of hydrogen-bond donors (Lipinski definition) is 1. The van der Waals surface area contributed by atoms with Crippen molar-refractivity contribution >= 4 is 21.7 Å². The van der Waals surface area contributed by atoms with Crippen molar-refractivity contribution in [2.75, 3.05) is 11.9 Å². The second kappa shape index (κ2) is 4.09. The number of nitrogens with one attached hydrogen (secondary N) is 1. The minimum absolute atomic E-state index is 0.876. The summed E-state index contributed by atoms with van der Waals surface area (Å²) < 4.78 is 1.08. The van der Waals surface area contributed by atoms with Crippen LogP contribution >= 0.6 is 15.9 Å². The minimum Gasteiger partial charge on any atom is -0.370 e. The van der Waals surface area contributed by atoms with Crippen LogP contribution in [0, 0.1) is 5.92 Å². The zero-order chi connectivity index (χ0) is 9.10. The van der Waals surface area contributed by atoms with Crippen molar-refractivity contribution in [2.45, 2.75) is 19.3 Å². The highest BCUT2D eigenvalue weighted by Gasteiger charge is 2.16. The summed E-state index contributed by atoms with van der Waals surface area (Å²) in [5.41, 5.74) is 0. The van der Waals surface area contributed by atoms with Gasteiger partial charge in [0, 0.05) is 17.2 Å². The number of halogens is 1. The second-order valence-electron chi connectivity index (χ2n) is 3.54. The summed E-state index contributed by atoms with van der Waals surface area (Å²) in [7, 11) is 0. The summed E-state index contributed by atoms with van der Waals surface area (Å²) >= 11 is 3.42. The van der Waals surface area contributed by atoms with Crippen LogP contribution in [0.2, 0.25) is 0 Å². The van der Waals surface area contributed by atoms with Crippen molar-refractivity contribution in [3.8, 4) is 0 Å². The predicted octanol–water partition coefficient (Wildman–Crippen LogP) is 3.06. The Kier molecular flexibility index (Phi) is 2.83. The van der Waals surface area contributed by atoms with E-state index in [2.05, 4.69) is 26.2 Å². The van der Waals surface area contributed by atoms with Crippen LogP contribution in [0.5, 0.6) is 0 Å². The molecular weight excluding hydrogens is 228 g/mol. The molecule has 2 rings (SSSR count). The molecule has 3 heteroatoms. The molecule has 1 saturated carbocycles. The van der Waals surface area contributed by atoms with E-state index >= 15 is 0 Å². The lowest BCUT2D eigenvalue weighted by Crippen LogP contribution is -2.21. The zero-order valence-corrected chi connectivity index (χ0v) is 9.05. The molecule has 0 saturated heterocycles. The molecule has 2 nitrogen and oxygen atoms in total. The van der Waals surface area contributed by atoms with Gasteiger partial charge in [-0.15, -0.1) is 0 Å². The van der Waals surface area contributed by atoms with E-state index in [1.54, 1.807) is 0 Å². The SMILES string of the molecule is Brc1ccnc(NCC2CCC2)c1. The Hall–Kier alpha value is -0.570. The molecular formula is C10H13BrN2. The first-order valence-corrected chi connectivity index (χ1v) is 5.49. The highest BCUT2D eigenvalue weighted by molar-refractivity contribution is 9.10. The van der Waals surface area contributed by atoms with Gasteiger partial charge in [-0.25, -0.2) is 4.98 Å². The maximum absolute atomic E-state index is 4.23.